The lowest BCUT2D eigenvalue weighted by molar-refractivity contribution is -0.129. The lowest BCUT2D eigenvalue weighted by Crippen LogP contribution is -2.44. The number of hydrogen-bond acceptors (Lipinski definition) is 5. The molecule has 6 nitrogen and oxygen atoms in total. The number of halogens is 2. The second-order valence-corrected chi connectivity index (χ2v) is 10.4. The van der Waals surface area contributed by atoms with Crippen LogP contribution in [0, 0.1) is 3.57 Å². The zero-order valence-electron chi connectivity index (χ0n) is 18.2. The Hall–Kier alpha value is -2.56. The molecular formula is C25H21ClIN3O3S. The molecule has 1 aliphatic heterocycles. The number of methoxy groups -OCH3 is 1. The maximum absolute atomic E-state index is 13.2. The van der Waals surface area contributed by atoms with E-state index in [9.17, 15) is 9.59 Å². The van der Waals surface area contributed by atoms with Gasteiger partial charge < -0.3 is 10.1 Å². The van der Waals surface area contributed by atoms with Crippen molar-refractivity contribution >= 4 is 74.3 Å². The molecule has 1 aliphatic rings. The average Bonchev–Trinajstić information content (AvgIpc) is 2.83. The van der Waals surface area contributed by atoms with Crippen LogP contribution >= 0.6 is 46.0 Å². The van der Waals surface area contributed by atoms with Crippen LogP contribution in [0.25, 0.3) is 0 Å². The molecule has 1 heterocycles. The van der Waals surface area contributed by atoms with Crippen LogP contribution in [-0.4, -0.2) is 34.2 Å². The van der Waals surface area contributed by atoms with Crippen LogP contribution in [0.4, 0.5) is 11.4 Å². The van der Waals surface area contributed by atoms with Gasteiger partial charge in [-0.2, -0.15) is 0 Å². The number of ether oxygens (including phenoxy) is 1. The monoisotopic (exact) mass is 605 g/mol. The summed E-state index contributed by atoms with van der Waals surface area (Å²) in [6.45, 7) is 0.334. The van der Waals surface area contributed by atoms with Crippen molar-refractivity contribution in [1.82, 2.24) is 4.90 Å². The number of carbonyl (C=O) groups is 2. The van der Waals surface area contributed by atoms with Crippen molar-refractivity contribution in [2.24, 2.45) is 4.99 Å². The second-order valence-electron chi connectivity index (χ2n) is 7.51. The van der Waals surface area contributed by atoms with Crippen LogP contribution < -0.4 is 10.1 Å². The summed E-state index contributed by atoms with van der Waals surface area (Å²) in [4.78, 5) is 32.5. The molecule has 9 heteroatoms. The Morgan fingerprint density at radius 3 is 2.59 bits per heavy atom. The van der Waals surface area contributed by atoms with E-state index in [1.165, 1.54) is 11.8 Å². The minimum Gasteiger partial charge on any atom is -0.497 e. The van der Waals surface area contributed by atoms with E-state index in [0.29, 0.717) is 28.1 Å². The minimum absolute atomic E-state index is 0.0750. The number of carbonyl (C=O) groups excluding carboxylic acids is 2. The fraction of sp³-hybridized carbons (Fsp3) is 0.160. The molecule has 3 aromatic rings. The molecule has 2 amide bonds. The summed E-state index contributed by atoms with van der Waals surface area (Å²) in [6.07, 6.45) is 0.0750. The van der Waals surface area contributed by atoms with Gasteiger partial charge in [-0.15, -0.1) is 0 Å². The van der Waals surface area contributed by atoms with Gasteiger partial charge in [0.15, 0.2) is 5.17 Å². The number of amides is 2. The normalized spacial score (nSPS) is 17.0. The van der Waals surface area contributed by atoms with Crippen LogP contribution in [-0.2, 0) is 16.1 Å². The number of nitrogens with zero attached hydrogens (tertiary/aromatic N) is 2. The van der Waals surface area contributed by atoms with Crippen LogP contribution in [0.2, 0.25) is 5.02 Å². The first-order chi connectivity index (χ1) is 16.4. The standard InChI is InChI=1S/C25H21ClIN3O3S/c1-33-21-11-5-16(6-12-21)15-30-23(31)14-22(24(32)28-19-9-7-18(27)8-10-19)34-25(30)29-20-4-2-3-17(26)13-20/h2-13,22H,14-15H2,1H3,(H,28,32). The topological polar surface area (TPSA) is 71.0 Å². The molecule has 0 aliphatic carbocycles. The van der Waals surface area contributed by atoms with Crippen molar-refractivity contribution in [2.75, 3.05) is 12.4 Å². The highest BCUT2D eigenvalue weighted by molar-refractivity contribution is 14.1. The molecule has 1 saturated heterocycles. The number of aliphatic imine (C=N–C) groups is 1. The minimum atomic E-state index is -0.600. The average molecular weight is 606 g/mol. The number of anilines is 1. The lowest BCUT2D eigenvalue weighted by atomic mass is 10.2. The molecule has 4 rings (SSSR count). The molecule has 0 saturated carbocycles. The predicted octanol–water partition coefficient (Wildman–Crippen LogP) is 6.11. The summed E-state index contributed by atoms with van der Waals surface area (Å²) >= 11 is 9.62. The highest BCUT2D eigenvalue weighted by Crippen LogP contribution is 2.32. The Bertz CT molecular complexity index is 1220. The van der Waals surface area contributed by atoms with E-state index in [4.69, 9.17) is 16.3 Å². The third-order valence-electron chi connectivity index (χ3n) is 5.08. The van der Waals surface area contributed by atoms with Crippen molar-refractivity contribution in [3.8, 4) is 5.75 Å². The number of hydrogen-bond donors (Lipinski definition) is 1. The van der Waals surface area contributed by atoms with E-state index in [1.54, 1.807) is 30.2 Å². The fourth-order valence-electron chi connectivity index (χ4n) is 3.32. The van der Waals surface area contributed by atoms with Gasteiger partial charge in [0.05, 0.1) is 19.3 Å². The van der Waals surface area contributed by atoms with E-state index in [2.05, 4.69) is 32.9 Å². The van der Waals surface area contributed by atoms with E-state index in [0.717, 1.165) is 14.9 Å². The Balaban J connectivity index is 1.59. The van der Waals surface area contributed by atoms with E-state index < -0.39 is 5.25 Å². The van der Waals surface area contributed by atoms with E-state index in [-0.39, 0.29) is 18.2 Å². The number of benzene rings is 3. The smallest absolute Gasteiger partial charge is 0.238 e. The van der Waals surface area contributed by atoms with Gasteiger partial charge in [-0.3, -0.25) is 14.5 Å². The van der Waals surface area contributed by atoms with Gasteiger partial charge >= 0.3 is 0 Å². The molecule has 1 fully saturated rings. The zero-order chi connectivity index (χ0) is 24.1. The Kier molecular flexibility index (Phi) is 8.12. The number of thioether (sulfide) groups is 1. The maximum atomic E-state index is 13.2. The summed E-state index contributed by atoms with van der Waals surface area (Å²) in [5.74, 6) is 0.337. The first-order valence-electron chi connectivity index (χ1n) is 10.4. The summed E-state index contributed by atoms with van der Waals surface area (Å²) < 4.78 is 6.29. The third-order valence-corrected chi connectivity index (χ3v) is 7.22. The van der Waals surface area contributed by atoms with Gasteiger partial charge in [-0.05, 0) is 82.8 Å². The van der Waals surface area contributed by atoms with Gasteiger partial charge in [-0.25, -0.2) is 4.99 Å². The number of nitrogens with one attached hydrogen (secondary N) is 1. The van der Waals surface area contributed by atoms with Gasteiger partial charge in [0, 0.05) is 20.7 Å². The summed E-state index contributed by atoms with van der Waals surface area (Å²) in [5, 5.41) is 3.31. The van der Waals surface area contributed by atoms with Crippen molar-refractivity contribution in [2.45, 2.75) is 18.2 Å². The SMILES string of the molecule is COc1ccc(CN2C(=O)CC(C(=O)Nc3ccc(I)cc3)SC2=Nc2cccc(Cl)c2)cc1. The Morgan fingerprint density at radius 1 is 1.18 bits per heavy atom. The highest BCUT2D eigenvalue weighted by Gasteiger charge is 2.36. The van der Waals surface area contributed by atoms with Gasteiger partial charge in [0.25, 0.3) is 0 Å². The van der Waals surface area contributed by atoms with Crippen LogP contribution in [0.3, 0.4) is 0 Å². The van der Waals surface area contributed by atoms with Gasteiger partial charge in [0.2, 0.25) is 11.8 Å². The van der Waals surface area contributed by atoms with Crippen LogP contribution in [0.5, 0.6) is 5.75 Å². The van der Waals surface area contributed by atoms with Crippen molar-refractivity contribution in [3.63, 3.8) is 0 Å². The fourth-order valence-corrected chi connectivity index (χ4v) is 4.96. The Labute approximate surface area is 220 Å². The van der Waals surface area contributed by atoms with E-state index in [1.807, 2.05) is 54.6 Å². The lowest BCUT2D eigenvalue weighted by Gasteiger charge is -2.32. The summed E-state index contributed by atoms with van der Waals surface area (Å²) in [6, 6.07) is 22.1. The molecule has 1 unspecified atom stereocenters. The van der Waals surface area contributed by atoms with E-state index >= 15 is 0 Å². The molecule has 3 aromatic carbocycles. The first-order valence-corrected chi connectivity index (χ1v) is 12.8. The Morgan fingerprint density at radius 2 is 1.91 bits per heavy atom. The quantitative estimate of drug-likeness (QED) is 0.344. The molecule has 1 atom stereocenters. The number of rotatable bonds is 6. The van der Waals surface area contributed by atoms with Crippen LogP contribution in [0.15, 0.2) is 77.8 Å². The van der Waals surface area contributed by atoms with Crippen molar-refractivity contribution in [1.29, 1.82) is 0 Å². The largest absolute Gasteiger partial charge is 0.497 e. The van der Waals surface area contributed by atoms with Gasteiger partial charge in [-0.1, -0.05) is 41.6 Å². The van der Waals surface area contributed by atoms with Crippen LogP contribution in [0.1, 0.15) is 12.0 Å². The predicted molar refractivity (Wildman–Crippen MR) is 146 cm³/mol. The highest BCUT2D eigenvalue weighted by atomic mass is 127. The molecule has 1 N–H and O–H groups in total. The molecule has 34 heavy (non-hydrogen) atoms. The van der Waals surface area contributed by atoms with Crippen molar-refractivity contribution in [3.05, 3.63) is 87.0 Å². The third kappa shape index (κ3) is 6.31. The van der Waals surface area contributed by atoms with Crippen molar-refractivity contribution < 1.29 is 14.3 Å². The molecule has 0 aromatic heterocycles. The molecule has 0 radical (unpaired) electrons. The second kappa shape index (κ2) is 11.2. The van der Waals surface area contributed by atoms with Gasteiger partial charge in [0.1, 0.15) is 11.0 Å². The summed E-state index contributed by atoms with van der Waals surface area (Å²) in [7, 11) is 1.61. The molecule has 174 valence electrons. The first kappa shape index (κ1) is 24.6. The molecule has 0 bridgehead atoms. The number of amidine groups is 1. The molecular weight excluding hydrogens is 585 g/mol. The summed E-state index contributed by atoms with van der Waals surface area (Å²) in [5.41, 5.74) is 2.23. The maximum Gasteiger partial charge on any atom is 0.238 e. The zero-order valence-corrected chi connectivity index (χ0v) is 21.9. The molecule has 0 spiro atoms.